The molecule has 0 saturated heterocycles. The highest BCUT2D eigenvalue weighted by atomic mass is 35.5. The van der Waals surface area contributed by atoms with Crippen LogP contribution in [0.25, 0.3) is 0 Å². The van der Waals surface area contributed by atoms with Crippen LogP contribution < -0.4 is 5.73 Å². The second-order valence-electron chi connectivity index (χ2n) is 3.34. The van der Waals surface area contributed by atoms with Gasteiger partial charge in [0, 0.05) is 16.1 Å². The predicted molar refractivity (Wildman–Crippen MR) is 64.3 cm³/mol. The number of nitrogens with zero attached hydrogens (tertiary/aromatic N) is 1. The van der Waals surface area contributed by atoms with Crippen LogP contribution in [0.2, 0.25) is 5.02 Å². The molecule has 0 aliphatic carbocycles. The summed E-state index contributed by atoms with van der Waals surface area (Å²) in [5, 5.41) is 1.63. The van der Waals surface area contributed by atoms with Gasteiger partial charge in [0.2, 0.25) is 0 Å². The van der Waals surface area contributed by atoms with E-state index in [0.29, 0.717) is 5.02 Å². The number of aryl methyl sites for hydroxylation is 1. The van der Waals surface area contributed by atoms with Crippen molar-refractivity contribution in [2.24, 2.45) is 5.73 Å². The Morgan fingerprint density at radius 1 is 1.47 bits per heavy atom. The Bertz CT molecular complexity index is 467. The quantitative estimate of drug-likeness (QED) is 0.873. The maximum atomic E-state index is 6.09. The van der Waals surface area contributed by atoms with Crippen molar-refractivity contribution < 1.29 is 0 Å². The average Bonchev–Trinajstić information content (AvgIpc) is 2.64. The van der Waals surface area contributed by atoms with Crippen LogP contribution in [0.1, 0.15) is 21.5 Å². The Labute approximate surface area is 97.7 Å². The van der Waals surface area contributed by atoms with Crippen molar-refractivity contribution in [3.05, 3.63) is 50.9 Å². The third-order valence-corrected chi connectivity index (χ3v) is 3.34. The van der Waals surface area contributed by atoms with E-state index in [1.54, 1.807) is 11.3 Å². The molecule has 0 aliphatic rings. The summed E-state index contributed by atoms with van der Waals surface area (Å²) in [6, 6.07) is 7.40. The van der Waals surface area contributed by atoms with E-state index >= 15 is 0 Å². The van der Waals surface area contributed by atoms with Gasteiger partial charge in [-0.3, -0.25) is 0 Å². The minimum atomic E-state index is -0.178. The molecule has 2 N–H and O–H groups in total. The first-order valence-corrected chi connectivity index (χ1v) is 5.79. The molecule has 0 saturated carbocycles. The van der Waals surface area contributed by atoms with Gasteiger partial charge in [-0.15, -0.1) is 11.3 Å². The molecule has 15 heavy (non-hydrogen) atoms. The molecule has 0 spiro atoms. The smallest absolute Gasteiger partial charge is 0.114 e. The number of aromatic nitrogens is 1. The lowest BCUT2D eigenvalue weighted by Gasteiger charge is -2.08. The summed E-state index contributed by atoms with van der Waals surface area (Å²) in [5.74, 6) is 0. The average molecular weight is 239 g/mol. The first-order valence-electron chi connectivity index (χ1n) is 4.60. The highest BCUT2D eigenvalue weighted by molar-refractivity contribution is 7.11. The van der Waals surface area contributed by atoms with Gasteiger partial charge in [0.1, 0.15) is 5.01 Å². The van der Waals surface area contributed by atoms with Gasteiger partial charge in [-0.1, -0.05) is 23.7 Å². The molecule has 1 aromatic carbocycles. The van der Waals surface area contributed by atoms with E-state index in [0.717, 1.165) is 10.6 Å². The molecular weight excluding hydrogens is 228 g/mol. The van der Waals surface area contributed by atoms with Gasteiger partial charge < -0.3 is 5.73 Å². The van der Waals surface area contributed by atoms with Crippen molar-refractivity contribution in [3.8, 4) is 0 Å². The fourth-order valence-corrected chi connectivity index (χ4v) is 2.36. The summed E-state index contributed by atoms with van der Waals surface area (Å²) in [6.45, 7) is 2.02. The monoisotopic (exact) mass is 238 g/mol. The van der Waals surface area contributed by atoms with Crippen LogP contribution >= 0.6 is 22.9 Å². The van der Waals surface area contributed by atoms with Crippen LogP contribution in [0.15, 0.2) is 30.5 Å². The lowest BCUT2D eigenvalue weighted by atomic mass is 10.1. The number of rotatable bonds is 2. The first kappa shape index (κ1) is 10.6. The Balaban J connectivity index is 2.32. The van der Waals surface area contributed by atoms with E-state index in [9.17, 15) is 0 Å². The zero-order valence-electron chi connectivity index (χ0n) is 8.27. The van der Waals surface area contributed by atoms with Crippen LogP contribution in [-0.4, -0.2) is 4.98 Å². The molecule has 0 fully saturated rings. The van der Waals surface area contributed by atoms with E-state index in [-0.39, 0.29) is 6.04 Å². The van der Waals surface area contributed by atoms with Crippen molar-refractivity contribution in [2.75, 3.05) is 0 Å². The van der Waals surface area contributed by atoms with Gasteiger partial charge in [-0.05, 0) is 24.6 Å². The van der Waals surface area contributed by atoms with Gasteiger partial charge >= 0.3 is 0 Å². The maximum absolute atomic E-state index is 6.09. The molecule has 1 unspecified atom stereocenters. The minimum Gasteiger partial charge on any atom is -0.318 e. The van der Waals surface area contributed by atoms with Crippen molar-refractivity contribution in [1.82, 2.24) is 4.98 Å². The van der Waals surface area contributed by atoms with Crippen LogP contribution in [-0.2, 0) is 0 Å². The lowest BCUT2D eigenvalue weighted by molar-refractivity contribution is 0.857. The van der Waals surface area contributed by atoms with E-state index in [1.165, 1.54) is 4.88 Å². The number of hydrogen-bond donors (Lipinski definition) is 1. The van der Waals surface area contributed by atoms with Crippen molar-refractivity contribution >= 4 is 22.9 Å². The fourth-order valence-electron chi connectivity index (χ4n) is 1.36. The van der Waals surface area contributed by atoms with E-state index in [1.807, 2.05) is 37.4 Å². The second kappa shape index (κ2) is 4.31. The summed E-state index contributed by atoms with van der Waals surface area (Å²) in [4.78, 5) is 5.44. The summed E-state index contributed by atoms with van der Waals surface area (Å²) in [5.41, 5.74) is 7.08. The Morgan fingerprint density at radius 3 is 2.87 bits per heavy atom. The van der Waals surface area contributed by atoms with Gasteiger partial charge in [0.05, 0.1) is 6.04 Å². The van der Waals surface area contributed by atoms with E-state index < -0.39 is 0 Å². The third kappa shape index (κ3) is 2.37. The summed E-state index contributed by atoms with van der Waals surface area (Å²) in [7, 11) is 0. The van der Waals surface area contributed by atoms with Gasteiger partial charge in [-0.25, -0.2) is 4.98 Å². The standard InChI is InChI=1S/C11H11ClN2S/c1-7-6-14-11(15-7)10(13)8-3-2-4-9(12)5-8/h2-6,10H,13H2,1H3. The van der Waals surface area contributed by atoms with Crippen LogP contribution in [0.5, 0.6) is 0 Å². The number of halogens is 1. The molecule has 0 aliphatic heterocycles. The van der Waals surface area contributed by atoms with Crippen LogP contribution in [0.4, 0.5) is 0 Å². The van der Waals surface area contributed by atoms with Crippen molar-refractivity contribution in [3.63, 3.8) is 0 Å². The highest BCUT2D eigenvalue weighted by Crippen LogP contribution is 2.25. The number of benzene rings is 1. The first-order chi connectivity index (χ1) is 7.16. The van der Waals surface area contributed by atoms with Crippen LogP contribution in [0, 0.1) is 6.92 Å². The SMILES string of the molecule is Cc1cnc(C(N)c2cccc(Cl)c2)s1. The van der Waals surface area contributed by atoms with E-state index in [4.69, 9.17) is 17.3 Å². The Morgan fingerprint density at radius 2 is 2.27 bits per heavy atom. The van der Waals surface area contributed by atoms with E-state index in [2.05, 4.69) is 4.98 Å². The molecule has 4 heteroatoms. The van der Waals surface area contributed by atoms with Crippen molar-refractivity contribution in [2.45, 2.75) is 13.0 Å². The van der Waals surface area contributed by atoms with Crippen molar-refractivity contribution in [1.29, 1.82) is 0 Å². The zero-order valence-corrected chi connectivity index (χ0v) is 9.85. The maximum Gasteiger partial charge on any atom is 0.114 e. The molecule has 2 aromatic rings. The van der Waals surface area contributed by atoms with Gasteiger partial charge in [0.15, 0.2) is 0 Å². The molecule has 2 rings (SSSR count). The number of thiazole rings is 1. The molecule has 0 amide bonds. The number of nitrogens with two attached hydrogens (primary N) is 1. The van der Waals surface area contributed by atoms with Gasteiger partial charge in [-0.2, -0.15) is 0 Å². The lowest BCUT2D eigenvalue weighted by Crippen LogP contribution is -2.11. The summed E-state index contributed by atoms with van der Waals surface area (Å²) >= 11 is 7.53. The zero-order chi connectivity index (χ0) is 10.8. The molecule has 0 bridgehead atoms. The molecule has 1 aromatic heterocycles. The largest absolute Gasteiger partial charge is 0.318 e. The van der Waals surface area contributed by atoms with Gasteiger partial charge in [0.25, 0.3) is 0 Å². The molecule has 1 atom stereocenters. The predicted octanol–water partition coefficient (Wildman–Crippen LogP) is 3.15. The molecular formula is C11H11ClN2S. The second-order valence-corrected chi connectivity index (χ2v) is 5.04. The molecule has 78 valence electrons. The molecule has 2 nitrogen and oxygen atoms in total. The number of hydrogen-bond acceptors (Lipinski definition) is 3. The Hall–Kier alpha value is -0.900. The van der Waals surface area contributed by atoms with Crippen LogP contribution in [0.3, 0.4) is 0 Å². The summed E-state index contributed by atoms with van der Waals surface area (Å²) < 4.78 is 0. The molecule has 1 heterocycles. The summed E-state index contributed by atoms with van der Waals surface area (Å²) in [6.07, 6.45) is 1.84. The molecule has 0 radical (unpaired) electrons. The fraction of sp³-hybridized carbons (Fsp3) is 0.182. The topological polar surface area (TPSA) is 38.9 Å². The third-order valence-electron chi connectivity index (χ3n) is 2.11. The highest BCUT2D eigenvalue weighted by Gasteiger charge is 2.12. The normalized spacial score (nSPS) is 12.7. The minimum absolute atomic E-state index is 0.178. The Kier molecular flexibility index (Phi) is 3.05.